The van der Waals surface area contributed by atoms with E-state index in [-0.39, 0.29) is 5.56 Å². The molecule has 0 atom stereocenters. The van der Waals surface area contributed by atoms with Crippen molar-refractivity contribution in [3.8, 4) is 11.8 Å². The highest BCUT2D eigenvalue weighted by atomic mass is 15.1. The molecule has 114 valence electrons. The predicted octanol–water partition coefficient (Wildman–Crippen LogP) is 4.88. The highest BCUT2D eigenvalue weighted by Gasteiger charge is 2.03. The second-order valence-electron chi connectivity index (χ2n) is 4.56. The van der Waals surface area contributed by atoms with Gasteiger partial charge in [-0.2, -0.15) is 0 Å². The Hall–Kier alpha value is -2.04. The maximum absolute atomic E-state index is 8.62. The molecule has 0 bridgehead atoms. The molecule has 2 rings (SSSR count). The normalized spacial score (nSPS) is 25.8. The fourth-order valence-corrected chi connectivity index (χ4v) is 1.80. The van der Waals surface area contributed by atoms with Gasteiger partial charge in [-0.1, -0.05) is 60.4 Å². The summed E-state index contributed by atoms with van der Waals surface area (Å²) in [6.07, 6.45) is 0. The van der Waals surface area contributed by atoms with Crippen LogP contribution in [0.2, 0.25) is 0 Å². The van der Waals surface area contributed by atoms with Gasteiger partial charge in [-0.25, -0.2) is 0 Å². The van der Waals surface area contributed by atoms with Gasteiger partial charge in [0.25, 0.3) is 0 Å². The first-order chi connectivity index (χ1) is 16.5. The highest BCUT2D eigenvalue weighted by molar-refractivity contribution is 5.85. The quantitative estimate of drug-likeness (QED) is 0.728. The Morgan fingerprint density at radius 1 is 1.23 bits per heavy atom. The van der Waals surface area contributed by atoms with Crippen molar-refractivity contribution in [1.82, 2.24) is 4.90 Å². The number of rotatable bonds is 4. The Balaban J connectivity index is 2.66. The lowest BCUT2D eigenvalue weighted by atomic mass is 9.98. The van der Waals surface area contributed by atoms with Gasteiger partial charge in [0.1, 0.15) is 0 Å². The first-order valence-corrected chi connectivity index (χ1v) is 6.47. The molecule has 0 radical (unpaired) electrons. The number of benzene rings is 2. The van der Waals surface area contributed by atoms with Crippen LogP contribution in [-0.4, -0.2) is 18.4 Å². The van der Waals surface area contributed by atoms with E-state index in [1.54, 1.807) is 48.2 Å². The lowest BCUT2D eigenvalue weighted by Crippen LogP contribution is -2.17. The number of hydrogen-bond acceptors (Lipinski definition) is 1. The zero-order chi connectivity index (χ0) is 28.8. The van der Waals surface area contributed by atoms with Gasteiger partial charge >= 0.3 is 0 Å². The van der Waals surface area contributed by atoms with Crippen LogP contribution in [0.1, 0.15) is 46.7 Å². The third kappa shape index (κ3) is 5.06. The molecule has 0 N–H and O–H groups in total. The molecule has 0 fully saturated rings. The molecule has 2 aromatic carbocycles. The van der Waals surface area contributed by atoms with Gasteiger partial charge in [0, 0.05) is 36.2 Å². The average Bonchev–Trinajstić information content (AvgIpc) is 2.74. The van der Waals surface area contributed by atoms with Gasteiger partial charge in [0.15, 0.2) is 0 Å². The second kappa shape index (κ2) is 7.29. The van der Waals surface area contributed by atoms with E-state index < -0.39 is 51.1 Å². The lowest BCUT2D eigenvalue weighted by Gasteiger charge is -2.15. The SMILES string of the molecule is [2H]/C(C#CC(C([2H])([2H])[2H])(C([2H])([2H])[2H])C([2H])([2H])[2H])=C(/[2H])C([2H])([2H])N(C)C([2H])([2H])c1cccc2ccccc12. The van der Waals surface area contributed by atoms with Crippen molar-refractivity contribution in [2.45, 2.75) is 27.1 Å². The Bertz CT molecular complexity index is 1200. The molecule has 0 heterocycles. The number of likely N-dealkylation sites (N-methyl/N-ethyl adjacent to an activating group) is 1. The molecular formula is C21H25N. The summed E-state index contributed by atoms with van der Waals surface area (Å²) in [5.74, 6) is 3.42. The van der Waals surface area contributed by atoms with E-state index >= 15 is 0 Å². The zero-order valence-corrected chi connectivity index (χ0v) is 12.0. The van der Waals surface area contributed by atoms with Gasteiger partial charge in [-0.15, -0.1) is 0 Å². The molecule has 0 spiro atoms. The molecular weight excluding hydrogens is 266 g/mol. The Labute approximate surface area is 155 Å². The number of hydrogen-bond donors (Lipinski definition) is 0. The summed E-state index contributed by atoms with van der Waals surface area (Å²) in [5.41, 5.74) is -3.50. The molecule has 0 saturated carbocycles. The van der Waals surface area contributed by atoms with Gasteiger partial charge in [-0.05, 0) is 50.0 Å². The maximum Gasteiger partial charge on any atom is 0.0717 e. The minimum atomic E-state index is -3.65. The Morgan fingerprint density at radius 3 is 2.82 bits per heavy atom. The van der Waals surface area contributed by atoms with E-state index in [4.69, 9.17) is 20.6 Å². The predicted molar refractivity (Wildman–Crippen MR) is 96.7 cm³/mol. The molecule has 0 unspecified atom stereocenters. The van der Waals surface area contributed by atoms with Crippen molar-refractivity contribution in [2.75, 3.05) is 13.5 Å². The highest BCUT2D eigenvalue weighted by Crippen LogP contribution is 2.19. The molecule has 0 aliphatic heterocycles. The molecule has 0 saturated heterocycles. The van der Waals surface area contributed by atoms with Crippen molar-refractivity contribution < 1.29 is 20.6 Å². The van der Waals surface area contributed by atoms with Crippen molar-refractivity contribution in [3.63, 3.8) is 0 Å². The standard InChI is InChI=1S/C21H25N/c1-21(2,3)15-8-5-9-16-22(4)17-19-13-10-12-18-11-6-7-14-20(18)19/h5-7,9-14H,16-17H2,1-4H3/b9-5+/i1D3,2D3,3D3,5D,9D,16D2,17D2. The van der Waals surface area contributed by atoms with Crippen LogP contribution in [0.5, 0.6) is 0 Å². The summed E-state index contributed by atoms with van der Waals surface area (Å²) in [4.78, 5) is 0.546. The summed E-state index contributed by atoms with van der Waals surface area (Å²) < 4.78 is 118. The fraction of sp³-hybridized carbons (Fsp3) is 0.333. The summed E-state index contributed by atoms with van der Waals surface area (Å²) in [5, 5.41) is 1.17. The fourth-order valence-electron chi connectivity index (χ4n) is 1.80. The van der Waals surface area contributed by atoms with Crippen molar-refractivity contribution >= 4 is 10.8 Å². The van der Waals surface area contributed by atoms with Crippen LogP contribution in [0.4, 0.5) is 0 Å². The number of allylic oxidation sites excluding steroid dienone is 1. The number of nitrogens with zero attached hydrogens (tertiary/aromatic N) is 1. The van der Waals surface area contributed by atoms with Crippen LogP contribution in [0, 0.1) is 17.3 Å². The van der Waals surface area contributed by atoms with E-state index in [0.717, 1.165) is 7.05 Å². The monoisotopic (exact) mass is 306 g/mol. The molecule has 0 aliphatic rings. The van der Waals surface area contributed by atoms with Crippen LogP contribution < -0.4 is 0 Å². The van der Waals surface area contributed by atoms with E-state index in [9.17, 15) is 0 Å². The van der Waals surface area contributed by atoms with Gasteiger partial charge < -0.3 is 0 Å². The summed E-state index contributed by atoms with van der Waals surface area (Å²) in [7, 11) is 1.04. The first kappa shape index (κ1) is 5.55. The van der Waals surface area contributed by atoms with E-state index in [2.05, 4.69) is 0 Å². The van der Waals surface area contributed by atoms with Crippen LogP contribution in [0.25, 0.3) is 10.8 Å². The lowest BCUT2D eigenvalue weighted by molar-refractivity contribution is 0.365. The maximum atomic E-state index is 8.62. The third-order valence-electron chi connectivity index (χ3n) is 2.68. The van der Waals surface area contributed by atoms with E-state index in [0.29, 0.717) is 15.7 Å². The molecule has 0 aromatic heterocycles. The van der Waals surface area contributed by atoms with E-state index in [1.807, 2.05) is 0 Å². The molecule has 1 heteroatoms. The summed E-state index contributed by atoms with van der Waals surface area (Å²) in [6, 6.07) is 9.15. The topological polar surface area (TPSA) is 3.24 Å². The molecule has 22 heavy (non-hydrogen) atoms. The molecule has 0 amide bonds. The molecule has 0 aliphatic carbocycles. The summed E-state index contributed by atoms with van der Waals surface area (Å²) >= 11 is 0. The van der Waals surface area contributed by atoms with Gasteiger partial charge in [-0.3, -0.25) is 4.90 Å². The summed E-state index contributed by atoms with van der Waals surface area (Å²) in [6.45, 7) is -16.5. The van der Waals surface area contributed by atoms with Crippen LogP contribution in [0.3, 0.4) is 0 Å². The largest absolute Gasteiger partial charge is 0.298 e. The minimum Gasteiger partial charge on any atom is -0.298 e. The van der Waals surface area contributed by atoms with Crippen molar-refractivity contribution in [1.29, 1.82) is 0 Å². The van der Waals surface area contributed by atoms with Crippen LogP contribution in [0.15, 0.2) is 54.6 Å². The smallest absolute Gasteiger partial charge is 0.0717 e. The zero-order valence-electron chi connectivity index (χ0n) is 27.0. The molecule has 2 aromatic rings. The Morgan fingerprint density at radius 2 is 2.00 bits per heavy atom. The van der Waals surface area contributed by atoms with Crippen molar-refractivity contribution in [2.24, 2.45) is 5.41 Å². The van der Waals surface area contributed by atoms with Gasteiger partial charge in [0.2, 0.25) is 0 Å². The second-order valence-corrected chi connectivity index (χ2v) is 4.56. The minimum absolute atomic E-state index is 0.0774. The number of fused-ring (bicyclic) bond motifs is 1. The van der Waals surface area contributed by atoms with E-state index in [1.165, 1.54) is 6.07 Å². The molecule has 1 nitrogen and oxygen atoms in total. The first-order valence-electron chi connectivity index (χ1n) is 14.0. The van der Waals surface area contributed by atoms with Crippen LogP contribution >= 0.6 is 0 Å². The average molecular weight is 307 g/mol. The third-order valence-corrected chi connectivity index (χ3v) is 2.68. The van der Waals surface area contributed by atoms with Crippen LogP contribution in [-0.2, 0) is 6.50 Å². The van der Waals surface area contributed by atoms with Gasteiger partial charge in [0.05, 0.1) is 2.74 Å². The Kier molecular flexibility index (Phi) is 1.84. The van der Waals surface area contributed by atoms with Crippen molar-refractivity contribution in [3.05, 3.63) is 60.1 Å².